The van der Waals surface area contributed by atoms with E-state index >= 15 is 0 Å². The van der Waals surface area contributed by atoms with Gasteiger partial charge in [0.15, 0.2) is 0 Å². The van der Waals surface area contributed by atoms with Gasteiger partial charge in [0, 0.05) is 0 Å². The van der Waals surface area contributed by atoms with E-state index < -0.39 is 103 Å². The van der Waals surface area contributed by atoms with Gasteiger partial charge in [0.25, 0.3) is 30.4 Å². The van der Waals surface area contributed by atoms with Gasteiger partial charge < -0.3 is 0 Å². The van der Waals surface area contributed by atoms with E-state index in [9.17, 15) is 48.3 Å². The fourth-order valence-electron chi connectivity index (χ4n) is 14.8. The van der Waals surface area contributed by atoms with Crippen molar-refractivity contribution >= 4 is 129 Å². The molecule has 9 N–H and O–H groups in total. The molecular formula is C57H73N14O16S3Si3+. The number of hydrogen-bond donors (Lipinski definition) is 6. The summed E-state index contributed by atoms with van der Waals surface area (Å²) in [7, 11) is -27.2. The van der Waals surface area contributed by atoms with Crippen LogP contribution in [0.2, 0.25) is 38.3 Å². The predicted octanol–water partition coefficient (Wildman–Crippen LogP) is 1.53. The molecule has 0 bridgehead atoms. The van der Waals surface area contributed by atoms with E-state index in [1.807, 2.05) is 97.1 Å². The summed E-state index contributed by atoms with van der Waals surface area (Å²) >= 11 is 0. The molecule has 93 heavy (non-hydrogen) atoms. The van der Waals surface area contributed by atoms with Crippen molar-refractivity contribution in [2.75, 3.05) is 69.7 Å². The van der Waals surface area contributed by atoms with Crippen molar-refractivity contribution < 1.29 is 83.5 Å². The third-order valence-electron chi connectivity index (χ3n) is 18.1. The Morgan fingerprint density at radius 2 is 0.978 bits per heavy atom. The Hall–Kier alpha value is -7.25. The first kappa shape index (κ1) is 65.8. The Kier molecular flexibility index (Phi) is 16.7. The number of benzene rings is 4. The summed E-state index contributed by atoms with van der Waals surface area (Å²) in [6.45, 7) is 7.27. The number of carbonyl (C=O) groups is 3. The van der Waals surface area contributed by atoms with Crippen LogP contribution >= 0.6 is 0 Å². The molecule has 0 radical (unpaired) electrons. The average Bonchev–Trinajstić information content (AvgIpc) is 1.50. The van der Waals surface area contributed by atoms with E-state index in [1.165, 1.54) is 0 Å². The number of amides is 2. The molecule has 4 aromatic carbocycles. The number of aromatic nitrogens is 2. The summed E-state index contributed by atoms with van der Waals surface area (Å²) in [6.07, 6.45) is 0.300. The Bertz CT molecular complexity index is 4610. The van der Waals surface area contributed by atoms with E-state index in [0.29, 0.717) is 70.9 Å². The molecule has 0 saturated carbocycles. The molecule has 0 unspecified atom stereocenters. The van der Waals surface area contributed by atoms with Crippen LogP contribution in [0.4, 0.5) is 11.6 Å². The van der Waals surface area contributed by atoms with Crippen LogP contribution in [-0.4, -0.2) is 187 Å². The Morgan fingerprint density at radius 1 is 0.559 bits per heavy atom. The minimum atomic E-state index is -7.20. The van der Waals surface area contributed by atoms with Gasteiger partial charge in [-0.15, -0.1) is 0 Å². The van der Waals surface area contributed by atoms with Gasteiger partial charge in [0.1, 0.15) is 0 Å². The van der Waals surface area contributed by atoms with Crippen molar-refractivity contribution in [1.82, 2.24) is 19.1 Å². The summed E-state index contributed by atoms with van der Waals surface area (Å²) in [6, 6.07) is 32.8. The van der Waals surface area contributed by atoms with Crippen LogP contribution < -0.4 is 39.3 Å². The number of nitrogens with one attached hydrogen (secondary N) is 2. The van der Waals surface area contributed by atoms with E-state index in [-0.39, 0.29) is 63.0 Å². The predicted molar refractivity (Wildman–Crippen MR) is 348 cm³/mol. The Morgan fingerprint density at radius 3 is 1.42 bits per heavy atom. The molecular weight excluding hydrogens is 1320 g/mol. The van der Waals surface area contributed by atoms with Crippen molar-refractivity contribution in [2.45, 2.75) is 70.4 Å². The van der Waals surface area contributed by atoms with Crippen LogP contribution in [0.5, 0.6) is 0 Å². The number of ether oxygens (including phenoxy) is 1. The molecule has 6 aliphatic rings. The molecule has 0 fully saturated rings. The summed E-state index contributed by atoms with van der Waals surface area (Å²) in [5.74, 6) is 14.6. The average molecular weight is 1390 g/mol. The molecule has 1 spiro atoms. The number of nitrogens with zero attached hydrogens (tertiary/aromatic N) is 9. The molecule has 6 aliphatic heterocycles. The summed E-state index contributed by atoms with van der Waals surface area (Å²) in [4.78, 5) is 66.8. The third-order valence-corrected chi connectivity index (χ3v) is 37.8. The van der Waals surface area contributed by atoms with Crippen LogP contribution in [0, 0.1) is 0 Å². The monoisotopic (exact) mass is 1390 g/mol. The third kappa shape index (κ3) is 10.8. The van der Waals surface area contributed by atoms with E-state index in [1.54, 1.807) is 0 Å². The second kappa shape index (κ2) is 23.6. The fraction of sp³-hybridized carbons (Fsp3) is 0.386. The maximum atomic E-state index is 14.6. The second-order valence-electron chi connectivity index (χ2n) is 25.3. The number of hydrogen-bond acceptors (Lipinski definition) is 22. The molecule has 0 saturated heterocycles. The molecule has 0 atom stereocenters. The topological polar surface area (TPSA) is 397 Å². The molecule has 0 aliphatic carbocycles. The van der Waals surface area contributed by atoms with Crippen LogP contribution in [0.15, 0.2) is 117 Å². The summed E-state index contributed by atoms with van der Waals surface area (Å²) < 4.78 is 124. The van der Waals surface area contributed by atoms with Crippen molar-refractivity contribution in [3.8, 4) is 0 Å². The van der Waals surface area contributed by atoms with Crippen molar-refractivity contribution in [2.24, 2.45) is 37.7 Å². The Labute approximate surface area is 536 Å². The number of carbonyl (C=O) groups excluding carboxylic acids is 3. The molecule has 496 valence electrons. The van der Waals surface area contributed by atoms with Gasteiger partial charge in [0.2, 0.25) is 0 Å². The quantitative estimate of drug-likeness (QED) is 0.0115. The zero-order valence-electron chi connectivity index (χ0n) is 51.5. The second-order valence-corrected chi connectivity index (χ2v) is 44.6. The summed E-state index contributed by atoms with van der Waals surface area (Å²) in [5.41, 5.74) is 4.14. The van der Waals surface area contributed by atoms with E-state index in [4.69, 9.17) is 46.5 Å². The van der Waals surface area contributed by atoms with Crippen LogP contribution in [0.1, 0.15) is 54.4 Å². The van der Waals surface area contributed by atoms with Gasteiger partial charge in [-0.1, -0.05) is 0 Å². The molecule has 2 amide bonds. The zero-order chi connectivity index (χ0) is 66.2. The van der Waals surface area contributed by atoms with Gasteiger partial charge >= 0.3 is 453 Å². The van der Waals surface area contributed by atoms with E-state index in [0.717, 1.165) is 43.8 Å². The number of nitrogens with two attached hydrogens (primary N) is 3. The number of quaternary nitrogens is 1. The van der Waals surface area contributed by atoms with Crippen molar-refractivity contribution in [3.63, 3.8) is 0 Å². The molecule has 12 rings (SSSR count). The molecule has 36 heteroatoms. The number of amidine groups is 4. The molecule has 2 aromatic heterocycles. The van der Waals surface area contributed by atoms with Crippen molar-refractivity contribution in [3.05, 3.63) is 130 Å². The van der Waals surface area contributed by atoms with Crippen molar-refractivity contribution in [1.29, 1.82) is 0 Å². The first-order chi connectivity index (χ1) is 44.1. The maximum absolute atomic E-state index is 14.6. The Balaban J connectivity index is 1.02. The minimum absolute atomic E-state index is 0.0708. The summed E-state index contributed by atoms with van der Waals surface area (Å²) in [5, 5.41) is 9.09. The van der Waals surface area contributed by atoms with Crippen LogP contribution in [-0.2, 0) is 71.1 Å². The number of fused-ring (bicyclic) bond motifs is 12. The van der Waals surface area contributed by atoms with Gasteiger partial charge in [-0.3, -0.25) is 4.55 Å². The first-order valence-corrected chi connectivity index (χ1v) is 43.9. The number of rotatable bonds is 32. The normalized spacial score (nSPS) is 17.5. The van der Waals surface area contributed by atoms with Gasteiger partial charge in [-0.25, -0.2) is 0 Å². The SMILES string of the molecule is C[Si](C)(CCCNC(=O)COCC(=O)ON)O[Si-2]123(O[Si](C)(C)CCCNC(=O)C[N+](CCCS(=O)(=O)O)(CCCS(=O)(=O)ON)CCCS(=O)(=O)ON)n4c5c6ccccc6c4N=C4c6ccccc6C(=[N+]41)N=c1c4ccccc4c(n12)=NC1=[N+]3C(=N5)c2ccccc21. The number of aliphatic imine (C=N–C) groups is 2. The van der Waals surface area contributed by atoms with Gasteiger partial charge in [-0.2, -0.15) is 51.5 Å². The van der Waals surface area contributed by atoms with E-state index in [2.05, 4.69) is 67.2 Å². The van der Waals surface area contributed by atoms with Gasteiger partial charge in [-0.05, 0) is 0 Å². The molecule has 30 nitrogen and oxygen atoms in total. The van der Waals surface area contributed by atoms with Gasteiger partial charge in [0.05, 0.1) is 0 Å². The molecule has 6 aromatic rings. The zero-order valence-corrected chi connectivity index (χ0v) is 57.0. The fourth-order valence-corrected chi connectivity index (χ4v) is 38.8. The van der Waals surface area contributed by atoms with Crippen LogP contribution in [0.3, 0.4) is 0 Å². The standard InChI is InChI=1S/C57H72N14O16S3Si3/c1-91(2,34-13-26-61-47(72)36-71(28-15-31-88(75,76)77,29-16-32-89(78,79)84-59)30-17-33-90(80,81)85-60)86-93(87-92(3,4)35-14-27-62-48(73)37-82-38-49(74)83-58)67-50-39-18-5-6-19-40(39)51(67)64-53-43-22-9-10-23-44(43)55(69(53)93)66-57-46-25-12-11-24-45(46)56(70(57)93)65-54-42-21-8-7-20-41(42)52(63-50)68(54)93/h5-12,18-25H,13-17,26-38,58-60H2,1-4H3,(H2-,61,62,72,73,75,76,77)/p+1. The first-order valence-electron chi connectivity index (χ1n) is 30.3. The van der Waals surface area contributed by atoms with Crippen LogP contribution in [0.25, 0.3) is 21.5 Å². The molecule has 8 heterocycles.